The highest BCUT2D eigenvalue weighted by atomic mass is 19.1. The molecule has 0 aliphatic carbocycles. The average molecular weight is 285 g/mol. The van der Waals surface area contributed by atoms with Gasteiger partial charge in [0.15, 0.2) is 0 Å². The van der Waals surface area contributed by atoms with Gasteiger partial charge in [-0.3, -0.25) is 0 Å². The molecule has 3 atom stereocenters. The Hall–Kier alpha value is -0.330. The molecule has 0 bridgehead atoms. The molecule has 0 spiro atoms. The monoisotopic (exact) mass is 284 g/mol. The maximum Gasteiger partial charge on any atom is 0.100 e. The second-order valence-corrected chi connectivity index (χ2v) is 7.12. The van der Waals surface area contributed by atoms with Crippen molar-refractivity contribution in [3.63, 3.8) is 0 Å². The minimum absolute atomic E-state index is 0.156. The van der Waals surface area contributed by atoms with E-state index in [1.807, 2.05) is 6.92 Å². The molecule has 0 N–H and O–H groups in total. The minimum atomic E-state index is -0.693. The molecule has 0 amide bonds. The number of unbranched alkanes of at least 4 members (excludes halogenated alkanes) is 4. The zero-order chi connectivity index (χ0) is 15.5. The molecule has 0 radical (unpaired) electrons. The topological polar surface area (TPSA) is 0 Å². The van der Waals surface area contributed by atoms with Crippen molar-refractivity contribution >= 4 is 0 Å². The van der Waals surface area contributed by atoms with Gasteiger partial charge in [0.1, 0.15) is 6.17 Å². The first-order valence-electron chi connectivity index (χ1n) is 8.64. The van der Waals surface area contributed by atoms with Crippen molar-refractivity contribution in [2.75, 3.05) is 0 Å². The molecule has 20 heavy (non-hydrogen) atoms. The first-order valence-corrected chi connectivity index (χ1v) is 8.64. The van der Waals surface area contributed by atoms with E-state index < -0.39 is 6.17 Å². The molecular weight excluding hydrogens is 247 g/mol. The van der Waals surface area contributed by atoms with Crippen molar-refractivity contribution in [3.8, 4) is 0 Å². The van der Waals surface area contributed by atoms with Crippen LogP contribution < -0.4 is 0 Å². The summed E-state index contributed by atoms with van der Waals surface area (Å²) in [4.78, 5) is 0. The van der Waals surface area contributed by atoms with Gasteiger partial charge in [0, 0.05) is 0 Å². The lowest BCUT2D eigenvalue weighted by Gasteiger charge is -2.14. The Balaban J connectivity index is 3.56. The maximum atomic E-state index is 13.1. The van der Waals surface area contributed by atoms with Gasteiger partial charge in [0.2, 0.25) is 0 Å². The van der Waals surface area contributed by atoms with E-state index in [1.54, 1.807) is 6.92 Å². The van der Waals surface area contributed by atoms with E-state index >= 15 is 0 Å². The highest BCUT2D eigenvalue weighted by molar-refractivity contribution is 4.99. The number of hydrogen-bond donors (Lipinski definition) is 0. The van der Waals surface area contributed by atoms with Gasteiger partial charge in [-0.2, -0.15) is 0 Å². The van der Waals surface area contributed by atoms with Crippen LogP contribution in [0.1, 0.15) is 86.5 Å². The van der Waals surface area contributed by atoms with E-state index in [2.05, 4.69) is 33.8 Å². The van der Waals surface area contributed by atoms with Crippen molar-refractivity contribution in [3.05, 3.63) is 11.6 Å². The Morgan fingerprint density at radius 2 is 1.50 bits per heavy atom. The third kappa shape index (κ3) is 10.5. The lowest BCUT2D eigenvalue weighted by molar-refractivity contribution is 0.262. The molecule has 0 saturated heterocycles. The van der Waals surface area contributed by atoms with Crippen LogP contribution in [0.15, 0.2) is 11.6 Å². The molecular formula is C19H37F. The lowest BCUT2D eigenvalue weighted by Crippen LogP contribution is -2.08. The van der Waals surface area contributed by atoms with Crippen molar-refractivity contribution in [1.29, 1.82) is 0 Å². The van der Waals surface area contributed by atoms with Gasteiger partial charge in [-0.1, -0.05) is 65.0 Å². The number of halogens is 1. The number of alkyl halides is 1. The van der Waals surface area contributed by atoms with Gasteiger partial charge < -0.3 is 0 Å². The number of hydrogen-bond acceptors (Lipinski definition) is 0. The SMILES string of the molecule is CC(=CCCCCCCC(C)C(C)C)CC(C)C(C)F. The van der Waals surface area contributed by atoms with E-state index in [9.17, 15) is 4.39 Å². The van der Waals surface area contributed by atoms with Crippen molar-refractivity contribution in [2.24, 2.45) is 17.8 Å². The zero-order valence-electron chi connectivity index (χ0n) is 14.7. The van der Waals surface area contributed by atoms with Crippen LogP contribution in [-0.4, -0.2) is 6.17 Å². The standard InChI is InChI=1S/C19H37F/c1-15(2)17(4)13-11-9-7-8-10-12-16(3)14-18(5)19(6)20/h12,15,17-19H,7-11,13-14H2,1-6H3. The smallest absolute Gasteiger partial charge is 0.100 e. The summed E-state index contributed by atoms with van der Waals surface area (Å²) in [5, 5.41) is 0. The van der Waals surface area contributed by atoms with E-state index in [0.717, 1.165) is 18.3 Å². The molecule has 1 heteroatoms. The normalized spacial score (nSPS) is 17.3. The summed E-state index contributed by atoms with van der Waals surface area (Å²) in [5.41, 5.74) is 1.36. The number of allylic oxidation sites excluding steroid dienone is 2. The molecule has 0 aromatic carbocycles. The van der Waals surface area contributed by atoms with Crippen LogP contribution >= 0.6 is 0 Å². The van der Waals surface area contributed by atoms with Crippen LogP contribution in [0.4, 0.5) is 4.39 Å². The van der Waals surface area contributed by atoms with Crippen LogP contribution in [-0.2, 0) is 0 Å². The van der Waals surface area contributed by atoms with Gasteiger partial charge in [0.25, 0.3) is 0 Å². The van der Waals surface area contributed by atoms with Crippen molar-refractivity contribution in [2.45, 2.75) is 92.7 Å². The van der Waals surface area contributed by atoms with Crippen LogP contribution in [0.5, 0.6) is 0 Å². The third-order valence-electron chi connectivity index (χ3n) is 4.67. The second-order valence-electron chi connectivity index (χ2n) is 7.12. The van der Waals surface area contributed by atoms with Gasteiger partial charge >= 0.3 is 0 Å². The largest absolute Gasteiger partial charge is 0.247 e. The van der Waals surface area contributed by atoms with E-state index in [1.165, 1.54) is 44.1 Å². The summed E-state index contributed by atoms with van der Waals surface area (Å²) in [7, 11) is 0. The molecule has 0 fully saturated rings. The highest BCUT2D eigenvalue weighted by Gasteiger charge is 2.10. The van der Waals surface area contributed by atoms with Crippen LogP contribution in [0.3, 0.4) is 0 Å². The molecule has 120 valence electrons. The molecule has 0 rings (SSSR count). The quantitative estimate of drug-likeness (QED) is 0.284. The average Bonchev–Trinajstić information content (AvgIpc) is 2.36. The molecule has 0 aliphatic heterocycles. The second kappa shape index (κ2) is 11.3. The summed E-state index contributed by atoms with van der Waals surface area (Å²) in [6, 6.07) is 0. The van der Waals surface area contributed by atoms with Crippen LogP contribution in [0.25, 0.3) is 0 Å². The summed E-state index contributed by atoms with van der Waals surface area (Å²) in [6.45, 7) is 12.8. The van der Waals surface area contributed by atoms with Gasteiger partial charge in [-0.15, -0.1) is 0 Å². The fourth-order valence-corrected chi connectivity index (χ4v) is 2.40. The molecule has 0 heterocycles. The Bertz CT molecular complexity index is 252. The molecule has 0 nitrogen and oxygen atoms in total. The van der Waals surface area contributed by atoms with Crippen LogP contribution in [0, 0.1) is 17.8 Å². The minimum Gasteiger partial charge on any atom is -0.247 e. The van der Waals surface area contributed by atoms with Crippen LogP contribution in [0.2, 0.25) is 0 Å². The zero-order valence-corrected chi connectivity index (χ0v) is 14.7. The van der Waals surface area contributed by atoms with E-state index in [-0.39, 0.29) is 5.92 Å². The summed E-state index contributed by atoms with van der Waals surface area (Å²) in [6.07, 6.45) is 10.4. The van der Waals surface area contributed by atoms with E-state index in [0.29, 0.717) is 0 Å². The molecule has 3 unspecified atom stereocenters. The molecule has 0 aromatic heterocycles. The first kappa shape index (κ1) is 19.7. The molecule has 0 aliphatic rings. The fourth-order valence-electron chi connectivity index (χ4n) is 2.40. The summed E-state index contributed by atoms with van der Waals surface area (Å²) >= 11 is 0. The van der Waals surface area contributed by atoms with Gasteiger partial charge in [-0.25, -0.2) is 4.39 Å². The molecule has 0 aromatic rings. The fraction of sp³-hybridized carbons (Fsp3) is 0.895. The Morgan fingerprint density at radius 1 is 0.900 bits per heavy atom. The Kier molecular flexibility index (Phi) is 11.2. The maximum absolute atomic E-state index is 13.1. The summed E-state index contributed by atoms with van der Waals surface area (Å²) < 4.78 is 13.1. The van der Waals surface area contributed by atoms with Crippen molar-refractivity contribution < 1.29 is 4.39 Å². The van der Waals surface area contributed by atoms with Gasteiger partial charge in [0.05, 0.1) is 0 Å². The third-order valence-corrected chi connectivity index (χ3v) is 4.67. The predicted molar refractivity (Wildman–Crippen MR) is 89.8 cm³/mol. The van der Waals surface area contributed by atoms with E-state index in [4.69, 9.17) is 0 Å². The van der Waals surface area contributed by atoms with Gasteiger partial charge in [-0.05, 0) is 50.9 Å². The highest BCUT2D eigenvalue weighted by Crippen LogP contribution is 2.19. The Labute approximate surface area is 127 Å². The predicted octanol–water partition coefficient (Wildman–Crippen LogP) is 6.95. The van der Waals surface area contributed by atoms with Crippen molar-refractivity contribution in [1.82, 2.24) is 0 Å². The Morgan fingerprint density at radius 3 is 2.05 bits per heavy atom. The lowest BCUT2D eigenvalue weighted by atomic mass is 9.92. The summed E-state index contributed by atoms with van der Waals surface area (Å²) in [5.74, 6) is 1.84. The number of rotatable bonds is 11. The molecule has 0 saturated carbocycles. The first-order chi connectivity index (χ1) is 9.34.